The lowest BCUT2D eigenvalue weighted by Gasteiger charge is -2.13. The topological polar surface area (TPSA) is 59.4 Å². The van der Waals surface area contributed by atoms with E-state index in [-0.39, 0.29) is 6.42 Å². The summed E-state index contributed by atoms with van der Waals surface area (Å²) in [5.74, 6) is 1.29. The third kappa shape index (κ3) is 5.13. The Kier molecular flexibility index (Phi) is 5.97. The number of aliphatic carboxylic acids is 1. The molecule has 1 heterocycles. The van der Waals surface area contributed by atoms with Crippen LogP contribution in [0.5, 0.6) is 11.5 Å². The lowest BCUT2D eigenvalue weighted by Crippen LogP contribution is -2.04. The molecule has 130 valence electrons. The lowest BCUT2D eigenvalue weighted by atomic mass is 9.94. The normalized spacial score (nSPS) is 10.5. The van der Waals surface area contributed by atoms with E-state index in [0.717, 1.165) is 27.6 Å². The molecule has 0 radical (unpaired) electrons. The van der Waals surface area contributed by atoms with E-state index in [2.05, 4.69) is 11.1 Å². The monoisotopic (exact) mass is 363 g/mol. The van der Waals surface area contributed by atoms with Crippen LogP contribution in [0, 0.1) is 0 Å². The van der Waals surface area contributed by atoms with Crippen LogP contribution in [0.25, 0.3) is 0 Å². The van der Waals surface area contributed by atoms with Crippen LogP contribution in [0.3, 0.4) is 0 Å². The number of hydrogen-bond donors (Lipinski definition) is 1. The fraction of sp³-hybridized carbons (Fsp3) is 0.100. The Morgan fingerprint density at radius 3 is 2.77 bits per heavy atom. The second-order valence-corrected chi connectivity index (χ2v) is 6.88. The van der Waals surface area contributed by atoms with Gasteiger partial charge in [0.15, 0.2) is 0 Å². The number of carbonyl (C=O) groups is 1. The van der Waals surface area contributed by atoms with E-state index >= 15 is 0 Å². The van der Waals surface area contributed by atoms with E-state index in [4.69, 9.17) is 9.84 Å². The smallest absolute Gasteiger partial charge is 0.307 e. The molecule has 4 nitrogen and oxygen atoms in total. The molecule has 6 heteroatoms. The Bertz CT molecular complexity index is 903. The summed E-state index contributed by atoms with van der Waals surface area (Å²) >= 11 is 1.65. The highest BCUT2D eigenvalue weighted by molar-refractivity contribution is 7.98. The number of aromatic nitrogens is 1. The molecule has 3 aromatic rings. The second kappa shape index (κ2) is 8.58. The molecule has 0 saturated heterocycles. The van der Waals surface area contributed by atoms with Crippen molar-refractivity contribution in [2.24, 2.45) is 0 Å². The molecule has 3 rings (SSSR count). The van der Waals surface area contributed by atoms with Gasteiger partial charge >= 0.3 is 5.97 Å². The average molecular weight is 363 g/mol. The van der Waals surface area contributed by atoms with Crippen LogP contribution >= 0.6 is 11.8 Å². The fourth-order valence-corrected chi connectivity index (χ4v) is 3.36. The summed E-state index contributed by atoms with van der Waals surface area (Å²) < 4.78 is 6.05. The van der Waals surface area contributed by atoms with Crippen molar-refractivity contribution in [2.75, 3.05) is 0 Å². The summed E-state index contributed by atoms with van der Waals surface area (Å²) in [5.41, 5.74) is 2.95. The van der Waals surface area contributed by atoms with Crippen LogP contribution in [0.4, 0.5) is 0 Å². The Morgan fingerprint density at radius 1 is 1.12 bits per heavy atom. The van der Waals surface area contributed by atoms with Gasteiger partial charge in [-0.25, -0.2) is 4.98 Å². The lowest BCUT2D eigenvalue weighted by molar-refractivity contribution is -0.136. The Morgan fingerprint density at radius 2 is 2.00 bits per heavy atom. The summed E-state index contributed by atoms with van der Waals surface area (Å²) in [4.78, 5) is 15.2. The maximum absolute atomic E-state index is 10.9. The summed E-state index contributed by atoms with van der Waals surface area (Å²) in [7, 11) is 2.05. The molecule has 0 bridgehead atoms. The van der Waals surface area contributed by atoms with Crippen molar-refractivity contribution < 1.29 is 14.6 Å². The molecule has 0 unspecified atom stereocenters. The van der Waals surface area contributed by atoms with Crippen molar-refractivity contribution in [3.63, 3.8) is 0 Å². The zero-order chi connectivity index (χ0) is 18.4. The van der Waals surface area contributed by atoms with Crippen molar-refractivity contribution in [1.29, 1.82) is 0 Å². The van der Waals surface area contributed by atoms with Gasteiger partial charge in [-0.1, -0.05) is 35.8 Å². The van der Waals surface area contributed by atoms with Crippen molar-refractivity contribution in [3.05, 3.63) is 78.0 Å². The van der Waals surface area contributed by atoms with Crippen LogP contribution in [-0.4, -0.2) is 23.9 Å². The largest absolute Gasteiger partial charge is 0.481 e. The van der Waals surface area contributed by atoms with E-state index in [1.54, 1.807) is 30.1 Å². The Labute approximate surface area is 157 Å². The number of rotatable bonds is 7. The highest BCUT2D eigenvalue weighted by Gasteiger charge is 2.08. The minimum absolute atomic E-state index is 0.0204. The van der Waals surface area contributed by atoms with Gasteiger partial charge in [0.2, 0.25) is 0 Å². The van der Waals surface area contributed by atoms with Gasteiger partial charge in [-0.15, -0.1) is 11.8 Å². The molecule has 1 aromatic heterocycles. The second-order valence-electron chi connectivity index (χ2n) is 5.89. The Balaban J connectivity index is 1.78. The highest BCUT2D eigenvalue weighted by atomic mass is 32.2. The molecule has 0 atom stereocenters. The first-order valence-corrected chi connectivity index (χ1v) is 9.20. The number of ether oxygens (including phenoxy) is 1. The van der Waals surface area contributed by atoms with E-state index in [0.29, 0.717) is 11.3 Å². The van der Waals surface area contributed by atoms with Gasteiger partial charge in [-0.05, 0) is 35.9 Å². The molecule has 0 aliphatic heterocycles. The SMILES string of the molecule is Bc1ccc(Oc2cccc(CC(=O)O)c2)c(CSc2ccccn2)c1. The van der Waals surface area contributed by atoms with Gasteiger partial charge < -0.3 is 9.84 Å². The van der Waals surface area contributed by atoms with Gasteiger partial charge in [0.05, 0.1) is 11.4 Å². The zero-order valence-electron chi connectivity index (χ0n) is 14.4. The molecule has 1 N–H and O–H groups in total. The minimum Gasteiger partial charge on any atom is -0.481 e. The Hall–Kier alpha value is -2.73. The van der Waals surface area contributed by atoms with Crippen LogP contribution in [0.2, 0.25) is 0 Å². The molecule has 0 aliphatic rings. The third-order valence-electron chi connectivity index (χ3n) is 3.71. The molecular formula is C20H18BNO3S. The number of hydrogen-bond acceptors (Lipinski definition) is 4. The molecule has 0 amide bonds. The first-order chi connectivity index (χ1) is 12.6. The number of nitrogens with zero attached hydrogens (tertiary/aromatic N) is 1. The average Bonchev–Trinajstić information content (AvgIpc) is 2.62. The van der Waals surface area contributed by atoms with E-state index < -0.39 is 5.97 Å². The van der Waals surface area contributed by atoms with Crippen molar-refractivity contribution in [1.82, 2.24) is 4.98 Å². The first kappa shape index (κ1) is 18.1. The van der Waals surface area contributed by atoms with Crippen molar-refractivity contribution in [3.8, 4) is 11.5 Å². The predicted octanol–water partition coefficient (Wildman–Crippen LogP) is 3.05. The molecule has 0 spiro atoms. The van der Waals surface area contributed by atoms with Crippen LogP contribution in [0.1, 0.15) is 11.1 Å². The standard InChI is InChI=1S/C20H18BNO3S/c21-16-7-8-18(15(12-16)13-26-19-6-1-2-9-22-19)25-17-5-3-4-14(10-17)11-20(23)24/h1-10,12H,11,13,21H2,(H,23,24). The number of pyridine rings is 1. The summed E-state index contributed by atoms with van der Waals surface area (Å²) in [6, 6.07) is 19.1. The van der Waals surface area contributed by atoms with E-state index in [9.17, 15) is 4.79 Å². The molecule has 0 saturated carbocycles. The molecule has 2 aromatic carbocycles. The van der Waals surface area contributed by atoms with E-state index in [1.807, 2.05) is 50.3 Å². The summed E-state index contributed by atoms with van der Waals surface area (Å²) in [6.07, 6.45) is 1.76. The number of carboxylic acid groups (broad SMARTS) is 1. The van der Waals surface area contributed by atoms with Crippen molar-refractivity contribution in [2.45, 2.75) is 17.2 Å². The summed E-state index contributed by atoms with van der Waals surface area (Å²) in [5, 5.41) is 9.91. The highest BCUT2D eigenvalue weighted by Crippen LogP contribution is 2.30. The molecule has 0 fully saturated rings. The van der Waals surface area contributed by atoms with Crippen LogP contribution < -0.4 is 10.2 Å². The predicted molar refractivity (Wildman–Crippen MR) is 106 cm³/mol. The van der Waals surface area contributed by atoms with Crippen molar-refractivity contribution >= 4 is 31.0 Å². The molecule has 26 heavy (non-hydrogen) atoms. The maximum Gasteiger partial charge on any atom is 0.307 e. The minimum atomic E-state index is -0.857. The van der Waals surface area contributed by atoms with Gasteiger partial charge in [0, 0.05) is 17.5 Å². The van der Waals surface area contributed by atoms with E-state index in [1.165, 1.54) is 0 Å². The fourth-order valence-electron chi connectivity index (χ4n) is 2.53. The first-order valence-electron chi connectivity index (χ1n) is 8.22. The quantitative estimate of drug-likeness (QED) is 0.517. The zero-order valence-corrected chi connectivity index (χ0v) is 15.2. The third-order valence-corrected chi connectivity index (χ3v) is 4.70. The molecule has 0 aliphatic carbocycles. The molecular weight excluding hydrogens is 345 g/mol. The van der Waals surface area contributed by atoms with Gasteiger partial charge in [0.25, 0.3) is 0 Å². The number of thioether (sulfide) groups is 1. The van der Waals surface area contributed by atoms with Gasteiger partial charge in [0.1, 0.15) is 19.3 Å². The number of benzene rings is 2. The van der Waals surface area contributed by atoms with Gasteiger partial charge in [-0.3, -0.25) is 4.79 Å². The van der Waals surface area contributed by atoms with Gasteiger partial charge in [-0.2, -0.15) is 0 Å². The number of carboxylic acids is 1. The summed E-state index contributed by atoms with van der Waals surface area (Å²) in [6.45, 7) is 0. The maximum atomic E-state index is 10.9. The van der Waals surface area contributed by atoms with Crippen LogP contribution in [-0.2, 0) is 17.0 Å². The van der Waals surface area contributed by atoms with Crippen LogP contribution in [0.15, 0.2) is 71.9 Å².